The summed E-state index contributed by atoms with van der Waals surface area (Å²) in [6, 6.07) is 9.94. The molecule has 0 radical (unpaired) electrons. The van der Waals surface area contributed by atoms with E-state index in [4.69, 9.17) is 5.11 Å². The fourth-order valence-electron chi connectivity index (χ4n) is 2.46. The lowest BCUT2D eigenvalue weighted by Gasteiger charge is -2.21. The molecule has 1 aromatic rings. The lowest BCUT2D eigenvalue weighted by Crippen LogP contribution is -2.31. The van der Waals surface area contributed by atoms with Gasteiger partial charge in [0.1, 0.15) is 0 Å². The molecule has 0 aliphatic heterocycles. The predicted octanol–water partition coefficient (Wildman–Crippen LogP) is 3.56. The average Bonchev–Trinajstić information content (AvgIpc) is 2.51. The van der Waals surface area contributed by atoms with Gasteiger partial charge in [-0.2, -0.15) is 0 Å². The highest BCUT2D eigenvalue weighted by atomic mass is 16.4. The van der Waals surface area contributed by atoms with E-state index in [1.807, 2.05) is 44.3 Å². The van der Waals surface area contributed by atoms with Gasteiger partial charge in [-0.15, -0.1) is 0 Å². The quantitative estimate of drug-likeness (QED) is 0.710. The standard InChI is InChI=1S/C18H27NO3/c1-14(9-7-8-10-15(2)18(21)22)17(20)19(3)13-16-11-5-4-6-12-16/h4-6,11-12,14-15H,7-10,13H2,1-3H3,(H,21,22). The second-order valence-electron chi connectivity index (χ2n) is 6.10. The number of carboxylic acids is 1. The Morgan fingerprint density at radius 2 is 1.59 bits per heavy atom. The van der Waals surface area contributed by atoms with Crippen LogP contribution in [-0.2, 0) is 16.1 Å². The number of hydrogen-bond acceptors (Lipinski definition) is 2. The Morgan fingerprint density at radius 3 is 2.14 bits per heavy atom. The minimum Gasteiger partial charge on any atom is -0.481 e. The first-order valence-corrected chi connectivity index (χ1v) is 7.93. The Morgan fingerprint density at radius 1 is 1.05 bits per heavy atom. The van der Waals surface area contributed by atoms with E-state index in [1.54, 1.807) is 11.8 Å². The third-order valence-corrected chi connectivity index (χ3v) is 4.01. The summed E-state index contributed by atoms with van der Waals surface area (Å²) >= 11 is 0. The van der Waals surface area contributed by atoms with Crippen molar-refractivity contribution >= 4 is 11.9 Å². The number of hydrogen-bond donors (Lipinski definition) is 1. The van der Waals surface area contributed by atoms with Crippen LogP contribution < -0.4 is 0 Å². The minimum atomic E-state index is -0.744. The second-order valence-corrected chi connectivity index (χ2v) is 6.10. The molecule has 2 unspecified atom stereocenters. The summed E-state index contributed by atoms with van der Waals surface area (Å²) in [4.78, 5) is 24.8. The van der Waals surface area contributed by atoms with Gasteiger partial charge in [0, 0.05) is 19.5 Å². The van der Waals surface area contributed by atoms with Crippen LogP contribution in [0.1, 0.15) is 45.1 Å². The Balaban J connectivity index is 2.30. The number of carbonyl (C=O) groups is 2. The summed E-state index contributed by atoms with van der Waals surface area (Å²) in [5, 5.41) is 8.83. The van der Waals surface area contributed by atoms with Crippen molar-refractivity contribution in [3.63, 3.8) is 0 Å². The number of amides is 1. The zero-order chi connectivity index (χ0) is 16.5. The molecule has 1 amide bonds. The van der Waals surface area contributed by atoms with E-state index in [2.05, 4.69) is 0 Å². The van der Waals surface area contributed by atoms with Crippen LogP contribution in [0.3, 0.4) is 0 Å². The van der Waals surface area contributed by atoms with Crippen LogP contribution >= 0.6 is 0 Å². The molecule has 1 rings (SSSR count). The fraction of sp³-hybridized carbons (Fsp3) is 0.556. The molecule has 2 atom stereocenters. The summed E-state index contributed by atoms with van der Waals surface area (Å²) in [7, 11) is 1.83. The summed E-state index contributed by atoms with van der Waals surface area (Å²) in [6.45, 7) is 4.30. The Labute approximate surface area is 133 Å². The highest BCUT2D eigenvalue weighted by Crippen LogP contribution is 2.16. The SMILES string of the molecule is CC(CCCCC(C)C(=O)N(C)Cc1ccccc1)C(=O)O. The van der Waals surface area contributed by atoms with E-state index in [0.29, 0.717) is 13.0 Å². The number of aliphatic carboxylic acids is 1. The summed E-state index contributed by atoms with van der Waals surface area (Å²) in [5.41, 5.74) is 1.13. The predicted molar refractivity (Wildman–Crippen MR) is 87.3 cm³/mol. The van der Waals surface area contributed by atoms with E-state index in [9.17, 15) is 9.59 Å². The second kappa shape index (κ2) is 9.23. The monoisotopic (exact) mass is 305 g/mol. The van der Waals surface area contributed by atoms with Gasteiger partial charge in [-0.3, -0.25) is 9.59 Å². The van der Waals surface area contributed by atoms with Gasteiger partial charge < -0.3 is 10.0 Å². The van der Waals surface area contributed by atoms with Gasteiger partial charge in [-0.25, -0.2) is 0 Å². The van der Waals surface area contributed by atoms with Crippen molar-refractivity contribution in [3.05, 3.63) is 35.9 Å². The number of nitrogens with zero attached hydrogens (tertiary/aromatic N) is 1. The van der Waals surface area contributed by atoms with E-state index in [1.165, 1.54) is 0 Å². The number of benzene rings is 1. The Hall–Kier alpha value is -1.84. The molecule has 0 bridgehead atoms. The molecular weight excluding hydrogens is 278 g/mol. The van der Waals surface area contributed by atoms with Crippen molar-refractivity contribution in [1.29, 1.82) is 0 Å². The highest BCUT2D eigenvalue weighted by molar-refractivity contribution is 5.78. The van der Waals surface area contributed by atoms with Crippen molar-refractivity contribution in [2.45, 2.75) is 46.1 Å². The summed E-state index contributed by atoms with van der Waals surface area (Å²) in [6.07, 6.45) is 3.23. The molecule has 1 aromatic carbocycles. The molecule has 1 N–H and O–H groups in total. The third kappa shape index (κ3) is 6.29. The molecule has 0 saturated heterocycles. The van der Waals surface area contributed by atoms with Crippen molar-refractivity contribution in [2.75, 3.05) is 7.05 Å². The van der Waals surface area contributed by atoms with Crippen LogP contribution in [0.4, 0.5) is 0 Å². The number of carboxylic acid groups (broad SMARTS) is 1. The molecule has 122 valence electrons. The molecular formula is C18H27NO3. The first-order chi connectivity index (χ1) is 10.4. The number of carbonyl (C=O) groups excluding carboxylic acids is 1. The number of unbranched alkanes of at least 4 members (excludes halogenated alkanes) is 1. The van der Waals surface area contributed by atoms with Gasteiger partial charge >= 0.3 is 5.97 Å². The number of rotatable bonds is 9. The molecule has 0 fully saturated rings. The Kier molecular flexibility index (Phi) is 7.64. The molecule has 0 aliphatic carbocycles. The summed E-state index contributed by atoms with van der Waals surface area (Å²) < 4.78 is 0. The first kappa shape index (κ1) is 18.2. The maximum absolute atomic E-state index is 12.3. The van der Waals surface area contributed by atoms with Crippen LogP contribution in [0, 0.1) is 11.8 Å². The Bertz CT molecular complexity index is 472. The molecule has 0 aromatic heterocycles. The van der Waals surface area contributed by atoms with E-state index in [0.717, 1.165) is 24.8 Å². The fourth-order valence-corrected chi connectivity index (χ4v) is 2.46. The van der Waals surface area contributed by atoms with Gasteiger partial charge in [0.25, 0.3) is 0 Å². The van der Waals surface area contributed by atoms with Gasteiger partial charge in [-0.1, -0.05) is 57.0 Å². The van der Waals surface area contributed by atoms with Crippen LogP contribution in [0.5, 0.6) is 0 Å². The normalized spacial score (nSPS) is 13.4. The molecule has 4 nitrogen and oxygen atoms in total. The van der Waals surface area contributed by atoms with Gasteiger partial charge in [0.05, 0.1) is 5.92 Å². The lowest BCUT2D eigenvalue weighted by atomic mass is 9.98. The van der Waals surface area contributed by atoms with E-state index >= 15 is 0 Å². The largest absolute Gasteiger partial charge is 0.481 e. The van der Waals surface area contributed by atoms with Crippen molar-refractivity contribution in [1.82, 2.24) is 4.90 Å². The van der Waals surface area contributed by atoms with E-state index < -0.39 is 5.97 Å². The molecule has 0 saturated carbocycles. The van der Waals surface area contributed by atoms with Crippen LogP contribution in [0.25, 0.3) is 0 Å². The van der Waals surface area contributed by atoms with Gasteiger partial charge in [0.2, 0.25) is 5.91 Å². The molecule has 0 heterocycles. The minimum absolute atomic E-state index is 0.0196. The van der Waals surface area contributed by atoms with Crippen LogP contribution in [-0.4, -0.2) is 28.9 Å². The smallest absolute Gasteiger partial charge is 0.306 e. The van der Waals surface area contributed by atoms with Gasteiger partial charge in [0.15, 0.2) is 0 Å². The summed E-state index contributed by atoms with van der Waals surface area (Å²) in [5.74, 6) is -0.914. The maximum Gasteiger partial charge on any atom is 0.306 e. The highest BCUT2D eigenvalue weighted by Gasteiger charge is 2.17. The third-order valence-electron chi connectivity index (χ3n) is 4.01. The van der Waals surface area contributed by atoms with Crippen molar-refractivity contribution in [3.8, 4) is 0 Å². The topological polar surface area (TPSA) is 57.6 Å². The van der Waals surface area contributed by atoms with Gasteiger partial charge in [-0.05, 0) is 18.4 Å². The molecule has 0 aliphatic rings. The molecule has 22 heavy (non-hydrogen) atoms. The van der Waals surface area contributed by atoms with Crippen molar-refractivity contribution in [2.24, 2.45) is 11.8 Å². The molecule has 0 spiro atoms. The zero-order valence-corrected chi connectivity index (χ0v) is 13.8. The van der Waals surface area contributed by atoms with Crippen LogP contribution in [0.15, 0.2) is 30.3 Å². The average molecular weight is 305 g/mol. The lowest BCUT2D eigenvalue weighted by molar-refractivity contribution is -0.141. The van der Waals surface area contributed by atoms with Crippen LogP contribution in [0.2, 0.25) is 0 Å². The molecule has 4 heteroatoms. The van der Waals surface area contributed by atoms with Crippen molar-refractivity contribution < 1.29 is 14.7 Å². The van der Waals surface area contributed by atoms with E-state index in [-0.39, 0.29) is 17.7 Å². The zero-order valence-electron chi connectivity index (χ0n) is 13.8. The maximum atomic E-state index is 12.3. The first-order valence-electron chi connectivity index (χ1n) is 7.93.